The molecule has 0 aromatic heterocycles. The maximum Gasteiger partial charge on any atom is 0.154 e. The average molecular weight is 255 g/mol. The number of sulfone groups is 1. The molecular formula is C12H17NO3S. The molecule has 1 heterocycles. The first kappa shape index (κ1) is 12.4. The second-order valence-corrected chi connectivity index (χ2v) is 6.70. The topological polar surface area (TPSA) is 69.4 Å². The van der Waals surface area contributed by atoms with Crippen molar-refractivity contribution in [3.8, 4) is 5.75 Å². The Bertz CT molecular complexity index is 496. The van der Waals surface area contributed by atoms with Gasteiger partial charge in [-0.05, 0) is 19.4 Å². The van der Waals surface area contributed by atoms with Crippen LogP contribution in [-0.2, 0) is 9.84 Å². The summed E-state index contributed by atoms with van der Waals surface area (Å²) in [5.74, 6) is 1.03. The summed E-state index contributed by atoms with van der Waals surface area (Å²) < 4.78 is 28.4. The van der Waals surface area contributed by atoms with E-state index in [0.717, 1.165) is 5.56 Å². The van der Waals surface area contributed by atoms with E-state index < -0.39 is 9.84 Å². The van der Waals surface area contributed by atoms with Crippen molar-refractivity contribution in [3.05, 3.63) is 29.8 Å². The van der Waals surface area contributed by atoms with Crippen LogP contribution in [0.15, 0.2) is 24.3 Å². The van der Waals surface area contributed by atoms with E-state index in [1.807, 2.05) is 31.2 Å². The van der Waals surface area contributed by atoms with Gasteiger partial charge in [0.15, 0.2) is 9.84 Å². The zero-order valence-electron chi connectivity index (χ0n) is 9.80. The molecule has 1 aromatic rings. The Kier molecular flexibility index (Phi) is 3.40. The van der Waals surface area contributed by atoms with Crippen molar-refractivity contribution >= 4 is 9.84 Å². The number of hydrogen-bond donors (Lipinski definition) is 1. The summed E-state index contributed by atoms with van der Waals surface area (Å²) in [4.78, 5) is 0. The third-order valence-electron chi connectivity index (χ3n) is 2.89. The van der Waals surface area contributed by atoms with E-state index in [0.29, 0.717) is 12.2 Å². The van der Waals surface area contributed by atoms with Crippen LogP contribution >= 0.6 is 0 Å². The second-order valence-electron chi connectivity index (χ2n) is 4.47. The molecule has 94 valence electrons. The molecule has 1 aromatic carbocycles. The van der Waals surface area contributed by atoms with Crippen molar-refractivity contribution < 1.29 is 13.2 Å². The minimum Gasteiger partial charge on any atom is -0.489 e. The van der Waals surface area contributed by atoms with Gasteiger partial charge in [0, 0.05) is 11.6 Å². The fourth-order valence-corrected chi connectivity index (χ4v) is 3.59. The second kappa shape index (κ2) is 4.66. The van der Waals surface area contributed by atoms with Crippen LogP contribution in [0.2, 0.25) is 0 Å². The third-order valence-corrected chi connectivity index (χ3v) is 4.63. The van der Waals surface area contributed by atoms with Crippen LogP contribution in [0, 0.1) is 0 Å². The summed E-state index contributed by atoms with van der Waals surface area (Å²) in [5.41, 5.74) is 6.76. The highest BCUT2D eigenvalue weighted by Crippen LogP contribution is 2.26. The Morgan fingerprint density at radius 3 is 2.71 bits per heavy atom. The summed E-state index contributed by atoms with van der Waals surface area (Å²) in [6, 6.07) is 7.39. The Morgan fingerprint density at radius 1 is 1.41 bits per heavy atom. The molecule has 0 aliphatic carbocycles. The van der Waals surface area contributed by atoms with E-state index in [4.69, 9.17) is 10.5 Å². The van der Waals surface area contributed by atoms with Gasteiger partial charge in [-0.15, -0.1) is 0 Å². The molecule has 1 saturated heterocycles. The average Bonchev–Trinajstić information content (AvgIpc) is 2.58. The fraction of sp³-hybridized carbons (Fsp3) is 0.500. The van der Waals surface area contributed by atoms with Crippen LogP contribution < -0.4 is 10.5 Å². The van der Waals surface area contributed by atoms with Gasteiger partial charge in [-0.25, -0.2) is 8.42 Å². The van der Waals surface area contributed by atoms with Crippen molar-refractivity contribution in [3.63, 3.8) is 0 Å². The van der Waals surface area contributed by atoms with E-state index in [1.165, 1.54) is 0 Å². The lowest BCUT2D eigenvalue weighted by Crippen LogP contribution is -2.19. The van der Waals surface area contributed by atoms with E-state index in [-0.39, 0.29) is 23.7 Å². The SMILES string of the molecule is C[C@@H](N)c1ccccc1OC1CCS(=O)(=O)C1. The molecular weight excluding hydrogens is 238 g/mol. The molecule has 2 N–H and O–H groups in total. The van der Waals surface area contributed by atoms with Gasteiger partial charge in [-0.3, -0.25) is 0 Å². The molecule has 5 heteroatoms. The molecule has 0 bridgehead atoms. The molecule has 1 unspecified atom stereocenters. The molecule has 0 radical (unpaired) electrons. The van der Waals surface area contributed by atoms with Crippen LogP contribution in [0.3, 0.4) is 0 Å². The van der Waals surface area contributed by atoms with Gasteiger partial charge in [0.25, 0.3) is 0 Å². The molecule has 0 saturated carbocycles. The van der Waals surface area contributed by atoms with Gasteiger partial charge in [0.05, 0.1) is 11.5 Å². The summed E-state index contributed by atoms with van der Waals surface area (Å²) in [6.07, 6.45) is 0.329. The molecule has 1 aliphatic rings. The summed E-state index contributed by atoms with van der Waals surface area (Å²) in [6.45, 7) is 1.88. The van der Waals surface area contributed by atoms with Crippen molar-refractivity contribution in [1.82, 2.24) is 0 Å². The van der Waals surface area contributed by atoms with Crippen LogP contribution in [0.4, 0.5) is 0 Å². The van der Waals surface area contributed by atoms with Crippen molar-refractivity contribution in [1.29, 1.82) is 0 Å². The number of ether oxygens (including phenoxy) is 1. The predicted octanol–water partition coefficient (Wildman–Crippen LogP) is 1.27. The maximum absolute atomic E-state index is 11.3. The number of nitrogens with two attached hydrogens (primary N) is 1. The van der Waals surface area contributed by atoms with Gasteiger partial charge in [-0.2, -0.15) is 0 Å². The Labute approximate surface area is 102 Å². The minimum absolute atomic E-state index is 0.111. The van der Waals surface area contributed by atoms with Gasteiger partial charge < -0.3 is 10.5 Å². The highest BCUT2D eigenvalue weighted by molar-refractivity contribution is 7.91. The van der Waals surface area contributed by atoms with E-state index in [9.17, 15) is 8.42 Å². The highest BCUT2D eigenvalue weighted by Gasteiger charge is 2.29. The molecule has 0 spiro atoms. The summed E-state index contributed by atoms with van der Waals surface area (Å²) in [7, 11) is -2.90. The smallest absolute Gasteiger partial charge is 0.154 e. The lowest BCUT2D eigenvalue weighted by atomic mass is 10.1. The third kappa shape index (κ3) is 2.98. The molecule has 2 rings (SSSR count). The lowest BCUT2D eigenvalue weighted by Gasteiger charge is -2.17. The zero-order valence-corrected chi connectivity index (χ0v) is 10.6. The summed E-state index contributed by atoms with van der Waals surface area (Å²) >= 11 is 0. The maximum atomic E-state index is 11.3. The number of rotatable bonds is 3. The first-order chi connectivity index (χ1) is 7.98. The zero-order chi connectivity index (χ0) is 12.5. The normalized spacial score (nSPS) is 24.5. The van der Waals surface area contributed by atoms with E-state index in [1.54, 1.807) is 0 Å². The van der Waals surface area contributed by atoms with E-state index >= 15 is 0 Å². The molecule has 1 aliphatic heterocycles. The standard InChI is InChI=1S/C12H17NO3S/c1-9(13)11-4-2-3-5-12(11)16-10-6-7-17(14,15)8-10/h2-5,9-10H,6-8,13H2,1H3/t9-,10?/m1/s1. The first-order valence-electron chi connectivity index (χ1n) is 5.69. The first-order valence-corrected chi connectivity index (χ1v) is 7.52. The lowest BCUT2D eigenvalue weighted by molar-refractivity contribution is 0.226. The van der Waals surface area contributed by atoms with Gasteiger partial charge in [0.1, 0.15) is 11.9 Å². The molecule has 1 fully saturated rings. The van der Waals surface area contributed by atoms with Crippen LogP contribution in [0.25, 0.3) is 0 Å². The van der Waals surface area contributed by atoms with Crippen LogP contribution in [0.1, 0.15) is 24.9 Å². The fourth-order valence-electron chi connectivity index (χ4n) is 2.00. The molecule has 2 atom stereocenters. The molecule has 4 nitrogen and oxygen atoms in total. The largest absolute Gasteiger partial charge is 0.489 e. The monoisotopic (exact) mass is 255 g/mol. The Hall–Kier alpha value is -1.07. The van der Waals surface area contributed by atoms with E-state index in [2.05, 4.69) is 0 Å². The highest BCUT2D eigenvalue weighted by atomic mass is 32.2. The quantitative estimate of drug-likeness (QED) is 0.883. The van der Waals surface area contributed by atoms with Gasteiger partial charge in [-0.1, -0.05) is 18.2 Å². The molecule has 0 amide bonds. The van der Waals surface area contributed by atoms with Crippen LogP contribution in [-0.4, -0.2) is 26.0 Å². The number of para-hydroxylation sites is 1. The number of benzene rings is 1. The summed E-state index contributed by atoms with van der Waals surface area (Å²) in [5, 5.41) is 0. The minimum atomic E-state index is -2.90. The van der Waals surface area contributed by atoms with Gasteiger partial charge >= 0.3 is 0 Å². The molecule has 17 heavy (non-hydrogen) atoms. The van der Waals surface area contributed by atoms with Crippen LogP contribution in [0.5, 0.6) is 5.75 Å². The Balaban J connectivity index is 2.14. The van der Waals surface area contributed by atoms with Crippen molar-refractivity contribution in [2.75, 3.05) is 11.5 Å². The number of hydrogen-bond acceptors (Lipinski definition) is 4. The van der Waals surface area contributed by atoms with Crippen molar-refractivity contribution in [2.24, 2.45) is 5.73 Å². The van der Waals surface area contributed by atoms with Crippen molar-refractivity contribution in [2.45, 2.75) is 25.5 Å². The predicted molar refractivity (Wildman–Crippen MR) is 66.7 cm³/mol. The van der Waals surface area contributed by atoms with Gasteiger partial charge in [0.2, 0.25) is 0 Å². The Morgan fingerprint density at radius 2 is 2.12 bits per heavy atom.